The first kappa shape index (κ1) is 10.7. The van der Waals surface area contributed by atoms with Crippen molar-refractivity contribution in [3.8, 4) is 12.3 Å². The fourth-order valence-corrected chi connectivity index (χ4v) is 1.71. The van der Waals surface area contributed by atoms with Crippen LogP contribution in [-0.2, 0) is 11.4 Å². The molecule has 1 aliphatic heterocycles. The van der Waals surface area contributed by atoms with Gasteiger partial charge in [0.1, 0.15) is 5.82 Å². The number of pyridine rings is 1. The van der Waals surface area contributed by atoms with Crippen molar-refractivity contribution < 1.29 is 9.90 Å². The second-order valence-corrected chi connectivity index (χ2v) is 3.75. The number of hydrogen-bond donors (Lipinski definition) is 1. The van der Waals surface area contributed by atoms with Crippen molar-refractivity contribution in [1.82, 2.24) is 4.98 Å². The lowest BCUT2D eigenvalue weighted by molar-refractivity contribution is -0.117. The first-order valence-electron chi connectivity index (χ1n) is 5.07. The zero-order valence-electron chi connectivity index (χ0n) is 8.76. The number of hydrogen-bond acceptors (Lipinski definition) is 3. The minimum atomic E-state index is -0.0474. The standard InChI is InChI=1S/C12H12N2O2/c1-2-9-5-12(16)14(7-9)11-4-3-10(8-15)6-13-11/h1,3-4,6,9,15H,5,7-8H2. The van der Waals surface area contributed by atoms with Crippen LogP contribution in [0, 0.1) is 18.3 Å². The molecule has 1 fully saturated rings. The van der Waals surface area contributed by atoms with Crippen LogP contribution in [0.25, 0.3) is 0 Å². The van der Waals surface area contributed by atoms with E-state index in [0.717, 1.165) is 5.56 Å². The molecule has 82 valence electrons. The molecule has 1 aliphatic rings. The van der Waals surface area contributed by atoms with Crippen LogP contribution >= 0.6 is 0 Å². The summed E-state index contributed by atoms with van der Waals surface area (Å²) in [6, 6.07) is 3.47. The highest BCUT2D eigenvalue weighted by atomic mass is 16.3. The molecule has 1 aromatic heterocycles. The van der Waals surface area contributed by atoms with Crippen LogP contribution in [0.4, 0.5) is 5.82 Å². The van der Waals surface area contributed by atoms with Crippen molar-refractivity contribution in [1.29, 1.82) is 0 Å². The predicted molar refractivity (Wildman–Crippen MR) is 59.5 cm³/mol. The SMILES string of the molecule is C#CC1CC(=O)N(c2ccc(CO)cn2)C1. The Bertz CT molecular complexity index is 433. The van der Waals surface area contributed by atoms with Gasteiger partial charge in [0.25, 0.3) is 0 Å². The van der Waals surface area contributed by atoms with E-state index in [1.54, 1.807) is 23.2 Å². The molecule has 0 radical (unpaired) electrons. The summed E-state index contributed by atoms with van der Waals surface area (Å²) in [4.78, 5) is 17.4. The number of nitrogens with zero attached hydrogens (tertiary/aromatic N) is 2. The van der Waals surface area contributed by atoms with E-state index in [0.29, 0.717) is 18.8 Å². The van der Waals surface area contributed by atoms with Gasteiger partial charge in [-0.3, -0.25) is 9.69 Å². The number of terminal acetylenes is 1. The monoisotopic (exact) mass is 216 g/mol. The summed E-state index contributed by atoms with van der Waals surface area (Å²) >= 11 is 0. The van der Waals surface area contributed by atoms with Crippen LogP contribution in [0.2, 0.25) is 0 Å². The van der Waals surface area contributed by atoms with Gasteiger partial charge in [0.15, 0.2) is 0 Å². The number of anilines is 1. The van der Waals surface area contributed by atoms with Gasteiger partial charge in [0.05, 0.1) is 6.61 Å². The molecule has 1 N–H and O–H groups in total. The van der Waals surface area contributed by atoms with Gasteiger partial charge in [-0.2, -0.15) is 0 Å². The molecule has 0 bridgehead atoms. The van der Waals surface area contributed by atoms with Gasteiger partial charge in [0.2, 0.25) is 5.91 Å². The van der Waals surface area contributed by atoms with E-state index >= 15 is 0 Å². The third-order valence-corrected chi connectivity index (χ3v) is 2.63. The van der Waals surface area contributed by atoms with Gasteiger partial charge in [0, 0.05) is 25.1 Å². The Morgan fingerprint density at radius 1 is 1.62 bits per heavy atom. The summed E-state index contributed by atoms with van der Waals surface area (Å²) in [7, 11) is 0. The third-order valence-electron chi connectivity index (χ3n) is 2.63. The second-order valence-electron chi connectivity index (χ2n) is 3.75. The molecule has 1 amide bonds. The lowest BCUT2D eigenvalue weighted by Gasteiger charge is -2.14. The van der Waals surface area contributed by atoms with Gasteiger partial charge in [-0.25, -0.2) is 4.98 Å². The molecule has 0 aliphatic carbocycles. The molecule has 16 heavy (non-hydrogen) atoms. The van der Waals surface area contributed by atoms with Crippen LogP contribution in [0.15, 0.2) is 18.3 Å². The Hall–Kier alpha value is -1.86. The normalized spacial score (nSPS) is 19.9. The molecule has 1 aromatic rings. The van der Waals surface area contributed by atoms with E-state index < -0.39 is 0 Å². The summed E-state index contributed by atoms with van der Waals surface area (Å²) in [6.45, 7) is 0.481. The van der Waals surface area contributed by atoms with Crippen molar-refractivity contribution >= 4 is 11.7 Å². The summed E-state index contributed by atoms with van der Waals surface area (Å²) < 4.78 is 0. The molecular weight excluding hydrogens is 204 g/mol. The molecule has 2 heterocycles. The topological polar surface area (TPSA) is 53.4 Å². The summed E-state index contributed by atoms with van der Waals surface area (Å²) in [5.41, 5.74) is 0.726. The summed E-state index contributed by atoms with van der Waals surface area (Å²) in [5.74, 6) is 3.17. The van der Waals surface area contributed by atoms with Crippen molar-refractivity contribution in [3.63, 3.8) is 0 Å². The Balaban J connectivity index is 2.18. The molecule has 0 saturated carbocycles. The van der Waals surface area contributed by atoms with Gasteiger partial charge < -0.3 is 5.11 Å². The molecular formula is C12H12N2O2. The van der Waals surface area contributed by atoms with Crippen molar-refractivity contribution in [2.75, 3.05) is 11.4 Å². The number of rotatable bonds is 2. The summed E-state index contributed by atoms with van der Waals surface area (Å²) in [6.07, 6.45) is 7.25. The maximum absolute atomic E-state index is 11.6. The highest BCUT2D eigenvalue weighted by Gasteiger charge is 2.29. The first-order chi connectivity index (χ1) is 7.74. The number of amides is 1. The molecule has 1 atom stereocenters. The molecule has 0 spiro atoms. The van der Waals surface area contributed by atoms with Gasteiger partial charge in [-0.15, -0.1) is 12.3 Å². The quantitative estimate of drug-likeness (QED) is 0.735. The molecule has 2 rings (SSSR count). The molecule has 1 unspecified atom stereocenters. The van der Waals surface area contributed by atoms with E-state index in [9.17, 15) is 4.79 Å². The summed E-state index contributed by atoms with van der Waals surface area (Å²) in [5, 5.41) is 8.88. The molecule has 1 saturated heterocycles. The third kappa shape index (κ3) is 1.90. The Morgan fingerprint density at radius 2 is 2.44 bits per heavy atom. The van der Waals surface area contributed by atoms with E-state index in [1.165, 1.54) is 0 Å². The number of aliphatic hydroxyl groups is 1. The minimum absolute atomic E-state index is 0.00667. The highest BCUT2D eigenvalue weighted by Crippen LogP contribution is 2.22. The molecule has 0 aromatic carbocycles. The smallest absolute Gasteiger partial charge is 0.229 e. The molecule has 4 heteroatoms. The van der Waals surface area contributed by atoms with E-state index in [1.807, 2.05) is 0 Å². The van der Waals surface area contributed by atoms with Gasteiger partial charge in [-0.05, 0) is 11.6 Å². The largest absolute Gasteiger partial charge is 0.392 e. The zero-order chi connectivity index (χ0) is 11.5. The first-order valence-corrected chi connectivity index (χ1v) is 5.07. The highest BCUT2D eigenvalue weighted by molar-refractivity contribution is 5.95. The number of aromatic nitrogens is 1. The number of carbonyl (C=O) groups excluding carboxylic acids is 1. The van der Waals surface area contributed by atoms with Crippen LogP contribution in [0.5, 0.6) is 0 Å². The average molecular weight is 216 g/mol. The fraction of sp³-hybridized carbons (Fsp3) is 0.333. The Labute approximate surface area is 93.9 Å². The lowest BCUT2D eigenvalue weighted by Crippen LogP contribution is -2.25. The molecule has 4 nitrogen and oxygen atoms in total. The zero-order valence-corrected chi connectivity index (χ0v) is 8.76. The van der Waals surface area contributed by atoms with Crippen molar-refractivity contribution in [2.24, 2.45) is 5.92 Å². The van der Waals surface area contributed by atoms with Crippen molar-refractivity contribution in [2.45, 2.75) is 13.0 Å². The van der Waals surface area contributed by atoms with Crippen molar-refractivity contribution in [3.05, 3.63) is 23.9 Å². The Kier molecular flexibility index (Phi) is 2.88. The van der Waals surface area contributed by atoms with Gasteiger partial charge in [-0.1, -0.05) is 6.07 Å². The predicted octanol–water partition coefficient (Wildman–Crippen LogP) is 0.560. The van der Waals surface area contributed by atoms with E-state index in [2.05, 4.69) is 10.9 Å². The van der Waals surface area contributed by atoms with Crippen LogP contribution in [0.3, 0.4) is 0 Å². The maximum atomic E-state index is 11.6. The van der Waals surface area contributed by atoms with E-state index in [4.69, 9.17) is 11.5 Å². The minimum Gasteiger partial charge on any atom is -0.392 e. The second kappa shape index (κ2) is 4.33. The van der Waals surface area contributed by atoms with Crippen LogP contribution in [0.1, 0.15) is 12.0 Å². The Morgan fingerprint density at radius 3 is 2.94 bits per heavy atom. The number of carbonyl (C=O) groups is 1. The fourth-order valence-electron chi connectivity index (χ4n) is 1.71. The van der Waals surface area contributed by atoms with E-state index in [-0.39, 0.29) is 18.4 Å². The maximum Gasteiger partial charge on any atom is 0.229 e. The van der Waals surface area contributed by atoms with Crippen LogP contribution < -0.4 is 4.90 Å². The average Bonchev–Trinajstić information content (AvgIpc) is 2.71. The number of aliphatic hydroxyl groups excluding tert-OH is 1. The lowest BCUT2D eigenvalue weighted by atomic mass is 10.1. The van der Waals surface area contributed by atoms with Crippen LogP contribution in [-0.4, -0.2) is 22.5 Å². The van der Waals surface area contributed by atoms with Gasteiger partial charge >= 0.3 is 0 Å².